The Kier molecular flexibility index (Phi) is 8.42. The Morgan fingerprint density at radius 2 is 0.930 bits per heavy atom. The molecule has 3 aromatic rings. The van der Waals surface area contributed by atoms with Gasteiger partial charge >= 0.3 is 249 Å². The molecule has 0 saturated carbocycles. The first-order valence-electron chi connectivity index (χ1n) is 14.8. The Bertz CT molecular complexity index is 1740. The zero-order chi connectivity index (χ0) is 28.5. The molecular formula is C37H40Cl2N2SiZr. The molecule has 2 unspecified atom stereocenters. The van der Waals surface area contributed by atoms with Gasteiger partial charge in [-0.15, -0.1) is 24.8 Å². The minimum atomic E-state index is -4.18. The van der Waals surface area contributed by atoms with Gasteiger partial charge in [0.1, 0.15) is 0 Å². The summed E-state index contributed by atoms with van der Waals surface area (Å²) in [5.74, 6) is 0. The van der Waals surface area contributed by atoms with Crippen LogP contribution in [0.4, 0.5) is 11.4 Å². The standard InChI is InChI=1S/2C15H14N.C6H5.CH3.2ClH.H2Si.Zr/c2*1-11-8-13-10-12(2)16(15(13)9-11)14-6-4-3-5-7-14;1-2-4-6-5-3-1;;;;;/h2*3-7,9-10,12H,1-2H3;1-5H;1H3;2*1H;1H2;. The number of nitrogens with zero attached hydrogens (tertiary/aromatic N) is 2. The molecule has 7 rings (SSSR count). The van der Waals surface area contributed by atoms with Gasteiger partial charge in [-0.05, 0) is 0 Å². The van der Waals surface area contributed by atoms with E-state index < -0.39 is 17.4 Å². The van der Waals surface area contributed by atoms with Crippen LogP contribution in [0.15, 0.2) is 156 Å². The van der Waals surface area contributed by atoms with Gasteiger partial charge in [0.25, 0.3) is 0 Å². The van der Waals surface area contributed by atoms with Crippen molar-refractivity contribution in [2.24, 2.45) is 0 Å². The second kappa shape index (κ2) is 11.4. The van der Waals surface area contributed by atoms with Crippen LogP contribution in [0.1, 0.15) is 27.7 Å². The van der Waals surface area contributed by atoms with E-state index >= 15 is 0 Å². The van der Waals surface area contributed by atoms with E-state index in [2.05, 4.69) is 164 Å². The van der Waals surface area contributed by atoms with E-state index in [0.29, 0.717) is 12.1 Å². The minimum absolute atomic E-state index is 0. The summed E-state index contributed by atoms with van der Waals surface area (Å²) in [4.78, 5) is 5.06. The van der Waals surface area contributed by atoms with Gasteiger partial charge in [-0.3, -0.25) is 0 Å². The zero-order valence-corrected chi connectivity index (χ0v) is 31.0. The Balaban J connectivity index is 0.00000184. The molecule has 43 heavy (non-hydrogen) atoms. The quantitative estimate of drug-likeness (QED) is 0.246. The van der Waals surface area contributed by atoms with Gasteiger partial charge in [0, 0.05) is 0 Å². The summed E-state index contributed by atoms with van der Waals surface area (Å²) in [6.45, 7) is 11.8. The maximum atomic E-state index is 2.70. The third-order valence-electron chi connectivity index (χ3n) is 9.71. The van der Waals surface area contributed by atoms with Crippen LogP contribution < -0.4 is 13.1 Å². The predicted octanol–water partition coefficient (Wildman–Crippen LogP) is 8.45. The summed E-state index contributed by atoms with van der Waals surface area (Å²) in [5.41, 5.74) is 11.1. The number of allylic oxidation sites excluding steroid dienone is 6. The molecule has 2 nitrogen and oxygen atoms in total. The van der Waals surface area contributed by atoms with Crippen molar-refractivity contribution in [3.05, 3.63) is 156 Å². The van der Waals surface area contributed by atoms with Crippen molar-refractivity contribution in [2.45, 2.75) is 44.4 Å². The zero-order valence-electron chi connectivity index (χ0n) is 25.5. The Morgan fingerprint density at radius 3 is 1.30 bits per heavy atom. The monoisotopic (exact) mass is 700 g/mol. The van der Waals surface area contributed by atoms with Crippen molar-refractivity contribution in [3.63, 3.8) is 0 Å². The molecule has 0 radical (unpaired) electrons. The second-order valence-electron chi connectivity index (χ2n) is 12.6. The number of hydrogen-bond acceptors (Lipinski definition) is 2. The molecule has 6 heteroatoms. The summed E-state index contributed by atoms with van der Waals surface area (Å²) < 4.78 is 7.51. The van der Waals surface area contributed by atoms with Crippen molar-refractivity contribution in [1.82, 2.24) is 0 Å². The molecule has 2 aliphatic carbocycles. The number of fused-ring (bicyclic) bond motifs is 2. The maximum Gasteiger partial charge on any atom is -0.147 e. The third kappa shape index (κ3) is 4.60. The van der Waals surface area contributed by atoms with Gasteiger partial charge in [-0.1, -0.05) is 0 Å². The van der Waals surface area contributed by atoms with Gasteiger partial charge in [-0.2, -0.15) is 0 Å². The fourth-order valence-corrected chi connectivity index (χ4v) is 30.1. The predicted molar refractivity (Wildman–Crippen MR) is 189 cm³/mol. The Morgan fingerprint density at radius 1 is 0.581 bits per heavy atom. The molecule has 0 bridgehead atoms. The molecule has 0 amide bonds. The van der Waals surface area contributed by atoms with Crippen LogP contribution in [0.2, 0.25) is 4.63 Å². The minimum Gasteiger partial charge on any atom is -0.147 e. The number of benzene rings is 3. The van der Waals surface area contributed by atoms with Gasteiger partial charge < -0.3 is 0 Å². The fraction of sp³-hybridized carbons (Fsp3) is 0.189. The van der Waals surface area contributed by atoms with E-state index in [9.17, 15) is 0 Å². The maximum absolute atomic E-state index is 4.18. The van der Waals surface area contributed by atoms with E-state index in [1.54, 1.807) is 9.83 Å². The van der Waals surface area contributed by atoms with E-state index in [4.69, 9.17) is 0 Å². The van der Waals surface area contributed by atoms with Gasteiger partial charge in [0.05, 0.1) is 0 Å². The molecule has 220 valence electrons. The molecule has 2 atom stereocenters. The Labute approximate surface area is 271 Å². The van der Waals surface area contributed by atoms with Crippen molar-refractivity contribution >= 4 is 46.3 Å². The van der Waals surface area contributed by atoms with E-state index in [-0.39, 0.29) is 24.8 Å². The molecule has 4 aliphatic rings. The third-order valence-corrected chi connectivity index (χ3v) is 30.9. The number of hydrogen-bond donors (Lipinski definition) is 0. The number of anilines is 2. The number of para-hydroxylation sites is 2. The van der Waals surface area contributed by atoms with Crippen LogP contribution in [0, 0.1) is 0 Å². The second-order valence-corrected chi connectivity index (χ2v) is 36.8. The molecule has 2 heterocycles. The molecular weight excluding hydrogens is 663 g/mol. The smallest absolute Gasteiger partial charge is 0.147 e. The first kappa shape index (κ1) is 31.8. The fourth-order valence-electron chi connectivity index (χ4n) is 8.22. The van der Waals surface area contributed by atoms with Crippen LogP contribution in [0.25, 0.3) is 0 Å². The van der Waals surface area contributed by atoms with Gasteiger partial charge in [0.15, 0.2) is 0 Å². The summed E-state index contributed by atoms with van der Waals surface area (Å²) in [6.07, 6.45) is 10.0. The molecule has 0 spiro atoms. The molecule has 0 fully saturated rings. The van der Waals surface area contributed by atoms with Crippen molar-refractivity contribution in [2.75, 3.05) is 9.80 Å². The van der Waals surface area contributed by atoms with Crippen LogP contribution in [0.3, 0.4) is 0 Å². The van der Waals surface area contributed by atoms with E-state index in [1.165, 1.54) is 45.1 Å². The summed E-state index contributed by atoms with van der Waals surface area (Å²) >= 11 is -4.18. The molecule has 2 aliphatic heterocycles. The largest absolute Gasteiger partial charge is 0.147 e. The summed E-state index contributed by atoms with van der Waals surface area (Å²) in [7, 11) is 0. The van der Waals surface area contributed by atoms with Crippen LogP contribution in [0.5, 0.6) is 0 Å². The van der Waals surface area contributed by atoms with Crippen LogP contribution in [-0.4, -0.2) is 19.0 Å². The number of halogens is 2. The van der Waals surface area contributed by atoms with Crippen molar-refractivity contribution in [1.29, 1.82) is 0 Å². The van der Waals surface area contributed by atoms with Crippen LogP contribution >= 0.6 is 24.8 Å². The summed E-state index contributed by atoms with van der Waals surface area (Å²) in [5, 5.41) is 0. The van der Waals surface area contributed by atoms with E-state index in [0.717, 1.165) is 0 Å². The SMILES string of the molecule is CC1=[C]([Zr]([CH3])(=[SiH2])([C]2=C(C)C=C3C2=CC(C)N3c2ccccc2)[c]2ccccc2)C2=CC(C)N(c3ccccc3)C2=C1.Cl.Cl. The van der Waals surface area contributed by atoms with E-state index in [1.807, 2.05) is 0 Å². The first-order chi connectivity index (χ1) is 19.7. The first-order valence-corrected chi connectivity index (χ1v) is 26.9. The van der Waals surface area contributed by atoms with Crippen molar-refractivity contribution < 1.29 is 17.4 Å². The summed E-state index contributed by atoms with van der Waals surface area (Å²) in [6, 6.07) is 33.9. The average Bonchev–Trinajstić information content (AvgIpc) is 3.66. The van der Waals surface area contributed by atoms with Gasteiger partial charge in [-0.25, -0.2) is 0 Å². The van der Waals surface area contributed by atoms with Gasteiger partial charge in [0.2, 0.25) is 0 Å². The number of rotatable bonds is 5. The Hall–Kier alpha value is -2.62. The topological polar surface area (TPSA) is 6.48 Å². The molecule has 0 saturated heterocycles. The molecule has 0 aromatic heterocycles. The van der Waals surface area contributed by atoms with Crippen LogP contribution in [-0.2, 0) is 17.4 Å². The normalized spacial score (nSPS) is 21.1. The molecule has 0 N–H and O–H groups in total. The van der Waals surface area contributed by atoms with Crippen molar-refractivity contribution in [3.8, 4) is 0 Å². The average molecular weight is 703 g/mol. The molecule has 3 aromatic carbocycles.